The number of aromatic amines is 1. The standard InChI is InChI=1S/C15H17BN2O4S/c1-23(20,21)8-9-4-10(5-9)12-6-16(19)22-13-7-18-15-11(14(12)13)2-3-17-15/h2-3,6-7,9-10,19H,4-5,8H2,1H3,(H,17,18). The van der Waals surface area contributed by atoms with Gasteiger partial charge in [-0.15, -0.1) is 0 Å². The lowest BCUT2D eigenvalue weighted by Gasteiger charge is -2.38. The first-order valence-electron chi connectivity index (χ1n) is 7.61. The summed E-state index contributed by atoms with van der Waals surface area (Å²) in [6.07, 6.45) is 6.37. The van der Waals surface area contributed by atoms with E-state index in [-0.39, 0.29) is 17.6 Å². The van der Waals surface area contributed by atoms with Crippen LogP contribution < -0.4 is 4.65 Å². The number of rotatable bonds is 3. The Labute approximate surface area is 134 Å². The van der Waals surface area contributed by atoms with Crippen molar-refractivity contribution < 1.29 is 18.1 Å². The van der Waals surface area contributed by atoms with E-state index in [0.717, 1.165) is 35.0 Å². The third-order valence-corrected chi connectivity index (χ3v) is 5.70. The summed E-state index contributed by atoms with van der Waals surface area (Å²) in [6.45, 7) is 0. The van der Waals surface area contributed by atoms with Gasteiger partial charge in [-0.2, -0.15) is 0 Å². The van der Waals surface area contributed by atoms with Gasteiger partial charge in [-0.05, 0) is 42.3 Å². The quantitative estimate of drug-likeness (QED) is 0.830. The van der Waals surface area contributed by atoms with Crippen LogP contribution in [0.1, 0.15) is 18.4 Å². The highest BCUT2D eigenvalue weighted by molar-refractivity contribution is 7.90. The summed E-state index contributed by atoms with van der Waals surface area (Å²) < 4.78 is 28.3. The SMILES string of the molecule is CS(=O)(=O)CC1CC(C2=CB(O)Oc3cnc4[nH]ccc4c32)C1. The van der Waals surface area contributed by atoms with Crippen molar-refractivity contribution in [3.8, 4) is 5.75 Å². The zero-order valence-corrected chi connectivity index (χ0v) is 13.5. The molecule has 0 atom stereocenters. The molecule has 0 unspecified atom stereocenters. The normalized spacial score (nSPS) is 23.9. The summed E-state index contributed by atoms with van der Waals surface area (Å²) in [5.74, 6) is 2.99. The van der Waals surface area contributed by atoms with Crippen LogP contribution in [0.2, 0.25) is 0 Å². The predicted molar refractivity (Wildman–Crippen MR) is 88.6 cm³/mol. The molecule has 2 aliphatic rings. The molecule has 0 aromatic carbocycles. The molecule has 1 aliphatic carbocycles. The van der Waals surface area contributed by atoms with Crippen molar-refractivity contribution in [3.05, 3.63) is 30.0 Å². The molecule has 4 rings (SSSR count). The molecule has 23 heavy (non-hydrogen) atoms. The van der Waals surface area contributed by atoms with E-state index in [1.165, 1.54) is 6.26 Å². The van der Waals surface area contributed by atoms with Crippen molar-refractivity contribution in [2.24, 2.45) is 11.8 Å². The van der Waals surface area contributed by atoms with Crippen LogP contribution in [-0.4, -0.2) is 42.5 Å². The molecule has 2 aromatic heterocycles. The molecule has 6 nitrogen and oxygen atoms in total. The van der Waals surface area contributed by atoms with E-state index in [0.29, 0.717) is 5.75 Å². The number of fused-ring (bicyclic) bond motifs is 3. The summed E-state index contributed by atoms with van der Waals surface area (Å²) in [5.41, 5.74) is 2.78. The van der Waals surface area contributed by atoms with Crippen molar-refractivity contribution >= 4 is 33.6 Å². The molecule has 0 spiro atoms. The lowest BCUT2D eigenvalue weighted by molar-refractivity contribution is 0.273. The van der Waals surface area contributed by atoms with Crippen molar-refractivity contribution in [3.63, 3.8) is 0 Å². The summed E-state index contributed by atoms with van der Waals surface area (Å²) in [4.78, 5) is 7.37. The average molecular weight is 332 g/mol. The Morgan fingerprint density at radius 1 is 1.48 bits per heavy atom. The Balaban J connectivity index is 1.66. The van der Waals surface area contributed by atoms with E-state index in [9.17, 15) is 13.4 Å². The van der Waals surface area contributed by atoms with Gasteiger partial charge in [-0.1, -0.05) is 0 Å². The zero-order chi connectivity index (χ0) is 16.2. The van der Waals surface area contributed by atoms with Gasteiger partial charge in [0.25, 0.3) is 0 Å². The van der Waals surface area contributed by atoms with Crippen LogP contribution in [0.4, 0.5) is 0 Å². The Bertz CT molecular complexity index is 899. The number of hydrogen-bond acceptors (Lipinski definition) is 5. The van der Waals surface area contributed by atoms with E-state index in [2.05, 4.69) is 9.97 Å². The van der Waals surface area contributed by atoms with Crippen molar-refractivity contribution in [2.45, 2.75) is 12.8 Å². The Morgan fingerprint density at radius 2 is 2.26 bits per heavy atom. The summed E-state index contributed by atoms with van der Waals surface area (Å²) in [7, 11) is -3.93. The molecule has 1 fully saturated rings. The van der Waals surface area contributed by atoms with Crippen LogP contribution in [0.15, 0.2) is 24.4 Å². The Kier molecular flexibility index (Phi) is 3.28. The predicted octanol–water partition coefficient (Wildman–Crippen LogP) is 1.43. The number of nitrogens with zero attached hydrogens (tertiary/aromatic N) is 1. The monoisotopic (exact) mass is 332 g/mol. The fourth-order valence-electron chi connectivity index (χ4n) is 3.67. The Hall–Kier alpha value is -1.80. The summed E-state index contributed by atoms with van der Waals surface area (Å²) >= 11 is 0. The summed E-state index contributed by atoms with van der Waals surface area (Å²) in [5, 5.41) is 10.9. The maximum absolute atomic E-state index is 11.4. The van der Waals surface area contributed by atoms with Crippen molar-refractivity contribution in [1.82, 2.24) is 9.97 Å². The van der Waals surface area contributed by atoms with Gasteiger partial charge in [0.1, 0.15) is 21.2 Å². The highest BCUT2D eigenvalue weighted by Gasteiger charge is 2.38. The van der Waals surface area contributed by atoms with E-state index in [1.807, 2.05) is 12.3 Å². The van der Waals surface area contributed by atoms with E-state index >= 15 is 0 Å². The Morgan fingerprint density at radius 3 is 3.00 bits per heavy atom. The molecule has 0 saturated heterocycles. The molecule has 1 saturated carbocycles. The zero-order valence-electron chi connectivity index (χ0n) is 12.7. The maximum Gasteiger partial charge on any atom is 0.552 e. The van der Waals surface area contributed by atoms with Gasteiger partial charge < -0.3 is 14.7 Å². The van der Waals surface area contributed by atoms with Crippen LogP contribution >= 0.6 is 0 Å². The minimum Gasteiger partial charge on any atom is -0.531 e. The van der Waals surface area contributed by atoms with Crippen molar-refractivity contribution in [2.75, 3.05) is 12.0 Å². The molecule has 0 bridgehead atoms. The smallest absolute Gasteiger partial charge is 0.531 e. The second kappa shape index (κ2) is 5.11. The molecule has 1 aliphatic heterocycles. The third-order valence-electron chi connectivity index (χ3n) is 4.62. The third kappa shape index (κ3) is 2.66. The highest BCUT2D eigenvalue weighted by Crippen LogP contribution is 2.48. The first-order chi connectivity index (χ1) is 10.9. The average Bonchev–Trinajstić information content (AvgIpc) is 2.88. The first-order valence-corrected chi connectivity index (χ1v) is 9.67. The molecular weight excluding hydrogens is 315 g/mol. The minimum absolute atomic E-state index is 0.197. The molecule has 0 radical (unpaired) electrons. The molecule has 2 N–H and O–H groups in total. The maximum atomic E-state index is 11.4. The lowest BCUT2D eigenvalue weighted by atomic mass is 9.66. The lowest BCUT2D eigenvalue weighted by Crippen LogP contribution is -2.33. The first kappa shape index (κ1) is 14.8. The topological polar surface area (TPSA) is 92.3 Å². The minimum atomic E-state index is -2.94. The van der Waals surface area contributed by atoms with E-state index in [4.69, 9.17) is 4.65 Å². The van der Waals surface area contributed by atoms with E-state index < -0.39 is 17.0 Å². The summed E-state index contributed by atoms with van der Waals surface area (Å²) in [6, 6.07) is 1.95. The van der Waals surface area contributed by atoms with Crippen LogP contribution in [0.5, 0.6) is 5.75 Å². The molecular formula is C15H17BN2O4S. The van der Waals surface area contributed by atoms with Crippen LogP contribution in [0, 0.1) is 11.8 Å². The number of H-pyrrole nitrogens is 1. The molecule has 3 heterocycles. The fourth-order valence-corrected chi connectivity index (χ4v) is 4.80. The van der Waals surface area contributed by atoms with Crippen molar-refractivity contribution in [1.29, 1.82) is 0 Å². The highest BCUT2D eigenvalue weighted by atomic mass is 32.2. The number of aromatic nitrogens is 2. The van der Waals surface area contributed by atoms with Gasteiger partial charge in [0.15, 0.2) is 0 Å². The van der Waals surface area contributed by atoms with Crippen LogP contribution in [0.25, 0.3) is 16.6 Å². The van der Waals surface area contributed by atoms with Gasteiger partial charge in [-0.25, -0.2) is 13.4 Å². The second-order valence-electron chi connectivity index (χ2n) is 6.49. The number of hydrogen-bond donors (Lipinski definition) is 2. The molecule has 8 heteroatoms. The van der Waals surface area contributed by atoms with Crippen LogP contribution in [-0.2, 0) is 9.84 Å². The fraction of sp³-hybridized carbons (Fsp3) is 0.400. The molecule has 2 aromatic rings. The number of sulfone groups is 1. The van der Waals surface area contributed by atoms with Gasteiger partial charge in [0.2, 0.25) is 0 Å². The number of allylic oxidation sites excluding steroid dienone is 1. The van der Waals surface area contributed by atoms with E-state index in [1.54, 1.807) is 12.2 Å². The molecule has 0 amide bonds. The van der Waals surface area contributed by atoms with Gasteiger partial charge in [0.05, 0.1) is 11.9 Å². The van der Waals surface area contributed by atoms with Crippen LogP contribution in [0.3, 0.4) is 0 Å². The van der Waals surface area contributed by atoms with Gasteiger partial charge in [-0.3, -0.25) is 0 Å². The second-order valence-corrected chi connectivity index (χ2v) is 8.68. The van der Waals surface area contributed by atoms with Gasteiger partial charge >= 0.3 is 7.12 Å². The number of nitrogens with one attached hydrogen (secondary N) is 1. The largest absolute Gasteiger partial charge is 0.552 e. The van der Waals surface area contributed by atoms with Gasteiger partial charge in [0, 0.05) is 23.4 Å². The molecule has 120 valence electrons. The number of pyridine rings is 1.